The number of aromatic nitrogens is 3. The van der Waals surface area contributed by atoms with Crippen LogP contribution in [0.15, 0.2) is 48.7 Å². The number of fused-ring (bicyclic) bond motifs is 1. The molecule has 0 fully saturated rings. The molecule has 0 saturated carbocycles. The summed E-state index contributed by atoms with van der Waals surface area (Å²) in [6.45, 7) is 9.14. The largest absolute Gasteiger partial charge is 0.293 e. The van der Waals surface area contributed by atoms with Gasteiger partial charge in [0, 0.05) is 59.5 Å². The molecule has 1 aromatic carbocycles. The van der Waals surface area contributed by atoms with E-state index >= 15 is 0 Å². The molecule has 0 N–H and O–H groups in total. The SMILES string of the molecule is CC(C)(C)c1ncc2c(n1)CCN(Cc1cccc(-c3ccc(Cl)cc3)n1)C2. The average Bonchev–Trinajstić information content (AvgIpc) is 2.67. The van der Waals surface area contributed by atoms with Crippen LogP contribution >= 0.6 is 11.6 Å². The Hall–Kier alpha value is -2.30. The molecule has 3 aromatic rings. The van der Waals surface area contributed by atoms with E-state index in [0.29, 0.717) is 0 Å². The second-order valence-electron chi connectivity index (χ2n) is 8.40. The predicted octanol–water partition coefficient (Wildman–Crippen LogP) is 5.05. The molecule has 0 aliphatic carbocycles. The first-order chi connectivity index (χ1) is 13.4. The topological polar surface area (TPSA) is 41.9 Å². The van der Waals surface area contributed by atoms with Gasteiger partial charge in [-0.1, -0.05) is 50.6 Å². The summed E-state index contributed by atoms with van der Waals surface area (Å²) in [5.74, 6) is 0.928. The summed E-state index contributed by atoms with van der Waals surface area (Å²) in [7, 11) is 0. The lowest BCUT2D eigenvalue weighted by Gasteiger charge is -2.29. The smallest absolute Gasteiger partial charge is 0.133 e. The van der Waals surface area contributed by atoms with Gasteiger partial charge < -0.3 is 0 Å². The van der Waals surface area contributed by atoms with Crippen LogP contribution in [0, 0.1) is 0 Å². The van der Waals surface area contributed by atoms with Gasteiger partial charge >= 0.3 is 0 Å². The van der Waals surface area contributed by atoms with Crippen molar-refractivity contribution in [1.82, 2.24) is 19.9 Å². The van der Waals surface area contributed by atoms with Gasteiger partial charge in [-0.3, -0.25) is 9.88 Å². The van der Waals surface area contributed by atoms with Crippen LogP contribution in [0.4, 0.5) is 0 Å². The van der Waals surface area contributed by atoms with Gasteiger partial charge in [-0.2, -0.15) is 0 Å². The fourth-order valence-corrected chi connectivity index (χ4v) is 3.58. The van der Waals surface area contributed by atoms with Gasteiger partial charge in [0.05, 0.1) is 11.4 Å². The van der Waals surface area contributed by atoms with Gasteiger partial charge in [-0.25, -0.2) is 9.97 Å². The monoisotopic (exact) mass is 392 g/mol. The van der Waals surface area contributed by atoms with Crippen molar-refractivity contribution in [3.63, 3.8) is 0 Å². The highest BCUT2D eigenvalue weighted by atomic mass is 35.5. The van der Waals surface area contributed by atoms with Gasteiger partial charge in [-0.15, -0.1) is 0 Å². The Morgan fingerprint density at radius 3 is 2.57 bits per heavy atom. The lowest BCUT2D eigenvalue weighted by atomic mass is 9.95. The van der Waals surface area contributed by atoms with Crippen molar-refractivity contribution in [1.29, 1.82) is 0 Å². The van der Waals surface area contributed by atoms with Gasteiger partial charge in [0.1, 0.15) is 5.82 Å². The molecule has 0 amide bonds. The number of benzene rings is 1. The minimum absolute atomic E-state index is 0.0157. The van der Waals surface area contributed by atoms with Crippen molar-refractivity contribution in [3.05, 3.63) is 76.5 Å². The Morgan fingerprint density at radius 2 is 1.82 bits per heavy atom. The zero-order valence-corrected chi connectivity index (χ0v) is 17.4. The lowest BCUT2D eigenvalue weighted by molar-refractivity contribution is 0.239. The Kier molecular flexibility index (Phi) is 5.17. The molecule has 28 heavy (non-hydrogen) atoms. The summed E-state index contributed by atoms with van der Waals surface area (Å²) in [4.78, 5) is 16.7. The van der Waals surface area contributed by atoms with Crippen molar-refractivity contribution in [3.8, 4) is 11.3 Å². The molecule has 0 atom stereocenters. The third kappa shape index (κ3) is 4.23. The molecule has 0 bridgehead atoms. The lowest BCUT2D eigenvalue weighted by Crippen LogP contribution is -2.32. The zero-order chi connectivity index (χ0) is 19.7. The number of rotatable bonds is 3. The van der Waals surface area contributed by atoms with E-state index in [9.17, 15) is 0 Å². The van der Waals surface area contributed by atoms with Crippen LogP contribution < -0.4 is 0 Å². The maximum absolute atomic E-state index is 6.00. The summed E-state index contributed by atoms with van der Waals surface area (Å²) in [6, 6.07) is 14.0. The molecular weight excluding hydrogens is 368 g/mol. The third-order valence-electron chi connectivity index (χ3n) is 5.02. The first-order valence-corrected chi connectivity index (χ1v) is 10.1. The summed E-state index contributed by atoms with van der Waals surface area (Å²) in [5, 5.41) is 0.740. The molecule has 3 heterocycles. The molecule has 0 saturated heterocycles. The molecule has 1 aliphatic heterocycles. The zero-order valence-electron chi connectivity index (χ0n) is 16.6. The minimum atomic E-state index is -0.0157. The Labute approximate surface area is 171 Å². The van der Waals surface area contributed by atoms with Crippen LogP contribution in [0.1, 0.15) is 43.5 Å². The van der Waals surface area contributed by atoms with Crippen molar-refractivity contribution < 1.29 is 0 Å². The van der Waals surface area contributed by atoms with Crippen LogP contribution in [0.3, 0.4) is 0 Å². The molecule has 144 valence electrons. The van der Waals surface area contributed by atoms with E-state index in [1.165, 1.54) is 11.3 Å². The van der Waals surface area contributed by atoms with Gasteiger partial charge in [0.25, 0.3) is 0 Å². The van der Waals surface area contributed by atoms with E-state index in [1.54, 1.807) is 0 Å². The maximum Gasteiger partial charge on any atom is 0.133 e. The summed E-state index contributed by atoms with van der Waals surface area (Å²) >= 11 is 6.00. The van der Waals surface area contributed by atoms with E-state index in [-0.39, 0.29) is 5.41 Å². The highest BCUT2D eigenvalue weighted by Gasteiger charge is 2.23. The first kappa shape index (κ1) is 19.0. The van der Waals surface area contributed by atoms with Crippen molar-refractivity contribution in [2.45, 2.75) is 45.7 Å². The molecule has 2 aromatic heterocycles. The van der Waals surface area contributed by atoms with Crippen LogP contribution in [0.5, 0.6) is 0 Å². The molecule has 5 heteroatoms. The molecule has 4 nitrogen and oxygen atoms in total. The van der Waals surface area contributed by atoms with Crippen LogP contribution in [-0.2, 0) is 24.9 Å². The summed E-state index contributed by atoms with van der Waals surface area (Å²) in [5.41, 5.74) is 5.54. The molecule has 0 radical (unpaired) electrons. The molecule has 4 rings (SSSR count). The summed E-state index contributed by atoms with van der Waals surface area (Å²) < 4.78 is 0. The highest BCUT2D eigenvalue weighted by molar-refractivity contribution is 6.30. The predicted molar refractivity (Wildman–Crippen MR) is 113 cm³/mol. The number of halogens is 1. The Bertz CT molecular complexity index is 977. The van der Waals surface area contributed by atoms with E-state index < -0.39 is 0 Å². The fourth-order valence-electron chi connectivity index (χ4n) is 3.45. The Balaban J connectivity index is 1.49. The van der Waals surface area contributed by atoms with Gasteiger partial charge in [0.15, 0.2) is 0 Å². The normalized spacial score (nSPS) is 14.7. The summed E-state index contributed by atoms with van der Waals surface area (Å²) in [6.07, 6.45) is 2.96. The molecule has 0 spiro atoms. The van der Waals surface area contributed by atoms with Crippen LogP contribution in [0.25, 0.3) is 11.3 Å². The van der Waals surface area contributed by atoms with E-state index in [4.69, 9.17) is 21.6 Å². The fraction of sp³-hybridized carbons (Fsp3) is 0.348. The Morgan fingerprint density at radius 1 is 1.04 bits per heavy atom. The number of pyridine rings is 1. The number of nitrogens with zero attached hydrogens (tertiary/aromatic N) is 4. The van der Waals surface area contributed by atoms with Gasteiger partial charge in [0.2, 0.25) is 0 Å². The number of hydrogen-bond donors (Lipinski definition) is 0. The quantitative estimate of drug-likeness (QED) is 0.625. The van der Waals surface area contributed by atoms with Crippen molar-refractivity contribution in [2.24, 2.45) is 0 Å². The van der Waals surface area contributed by atoms with E-state index in [1.807, 2.05) is 36.5 Å². The molecule has 0 unspecified atom stereocenters. The van der Waals surface area contributed by atoms with E-state index in [0.717, 1.165) is 53.9 Å². The van der Waals surface area contributed by atoms with Crippen LogP contribution in [0.2, 0.25) is 5.02 Å². The highest BCUT2D eigenvalue weighted by Crippen LogP contribution is 2.24. The minimum Gasteiger partial charge on any atom is -0.293 e. The third-order valence-corrected chi connectivity index (χ3v) is 5.27. The second kappa shape index (κ2) is 7.61. The second-order valence-corrected chi connectivity index (χ2v) is 8.83. The first-order valence-electron chi connectivity index (χ1n) is 9.68. The molecule has 1 aliphatic rings. The van der Waals surface area contributed by atoms with Crippen molar-refractivity contribution in [2.75, 3.05) is 6.54 Å². The van der Waals surface area contributed by atoms with E-state index in [2.05, 4.69) is 42.8 Å². The average molecular weight is 393 g/mol. The molecular formula is C23H25ClN4. The number of hydrogen-bond acceptors (Lipinski definition) is 4. The van der Waals surface area contributed by atoms with Crippen LogP contribution in [-0.4, -0.2) is 26.4 Å². The maximum atomic E-state index is 6.00. The van der Waals surface area contributed by atoms with Crippen molar-refractivity contribution >= 4 is 11.6 Å². The van der Waals surface area contributed by atoms with Gasteiger partial charge in [-0.05, 0) is 24.3 Å². The standard InChI is InChI=1S/C23H25ClN4/c1-23(2,3)22-25-13-17-14-28(12-11-21(17)27-22)15-19-5-4-6-20(26-19)16-7-9-18(24)10-8-16/h4-10,13H,11-12,14-15H2,1-3H3.